The predicted octanol–water partition coefficient (Wildman–Crippen LogP) is -0.639. The highest BCUT2D eigenvalue weighted by atomic mass is 32.2. The Labute approximate surface area is 94.1 Å². The molecule has 0 aliphatic heterocycles. The number of carbonyl (C=O) groups excluding carboxylic acids is 1. The van der Waals surface area contributed by atoms with Crippen LogP contribution in [0.4, 0.5) is 0 Å². The fourth-order valence-corrected chi connectivity index (χ4v) is 1.48. The topological polar surface area (TPSA) is 88.2 Å². The van der Waals surface area contributed by atoms with Crippen LogP contribution in [0.3, 0.4) is 0 Å². The van der Waals surface area contributed by atoms with E-state index in [1.54, 1.807) is 18.3 Å². The summed E-state index contributed by atoms with van der Waals surface area (Å²) in [5.41, 5.74) is 0.446. The SMILES string of the molecule is CS(=O)(=O)NCCNC(=O)c1cccnc1. The summed E-state index contributed by atoms with van der Waals surface area (Å²) in [6, 6.07) is 3.29. The third-order valence-electron chi connectivity index (χ3n) is 1.70. The Balaban J connectivity index is 2.32. The van der Waals surface area contributed by atoms with Gasteiger partial charge in [0.25, 0.3) is 5.91 Å². The molecule has 1 amide bonds. The average molecular weight is 243 g/mol. The molecule has 0 atom stereocenters. The van der Waals surface area contributed by atoms with Crippen LogP contribution in [0.1, 0.15) is 10.4 Å². The number of hydrogen-bond donors (Lipinski definition) is 2. The minimum atomic E-state index is -3.20. The summed E-state index contributed by atoms with van der Waals surface area (Å²) in [7, 11) is -3.20. The molecule has 0 bridgehead atoms. The van der Waals surface area contributed by atoms with Crippen LogP contribution in [0.2, 0.25) is 0 Å². The van der Waals surface area contributed by atoms with Crippen LogP contribution in [0.15, 0.2) is 24.5 Å². The first-order valence-corrected chi connectivity index (χ1v) is 6.51. The van der Waals surface area contributed by atoms with Crippen molar-refractivity contribution in [1.82, 2.24) is 15.0 Å². The van der Waals surface area contributed by atoms with E-state index in [2.05, 4.69) is 15.0 Å². The van der Waals surface area contributed by atoms with Gasteiger partial charge in [-0.2, -0.15) is 0 Å². The number of sulfonamides is 1. The van der Waals surface area contributed by atoms with E-state index in [1.165, 1.54) is 6.20 Å². The van der Waals surface area contributed by atoms with Crippen LogP contribution >= 0.6 is 0 Å². The van der Waals surface area contributed by atoms with Gasteiger partial charge in [0.05, 0.1) is 11.8 Å². The zero-order valence-corrected chi connectivity index (χ0v) is 9.62. The van der Waals surface area contributed by atoms with Gasteiger partial charge in [-0.1, -0.05) is 0 Å². The van der Waals surface area contributed by atoms with Crippen molar-refractivity contribution in [1.29, 1.82) is 0 Å². The van der Waals surface area contributed by atoms with E-state index in [4.69, 9.17) is 0 Å². The molecule has 0 fully saturated rings. The van der Waals surface area contributed by atoms with E-state index in [-0.39, 0.29) is 19.0 Å². The van der Waals surface area contributed by atoms with Gasteiger partial charge in [0.2, 0.25) is 10.0 Å². The van der Waals surface area contributed by atoms with Crippen molar-refractivity contribution in [3.8, 4) is 0 Å². The standard InChI is InChI=1S/C9H13N3O3S/c1-16(14,15)12-6-5-11-9(13)8-3-2-4-10-7-8/h2-4,7,12H,5-6H2,1H3,(H,11,13). The molecule has 0 aromatic carbocycles. The zero-order chi connectivity index (χ0) is 12.0. The number of nitrogens with zero attached hydrogens (tertiary/aromatic N) is 1. The van der Waals surface area contributed by atoms with Crippen LogP contribution in [-0.2, 0) is 10.0 Å². The molecule has 16 heavy (non-hydrogen) atoms. The van der Waals surface area contributed by atoms with Crippen molar-refractivity contribution < 1.29 is 13.2 Å². The minimum absolute atomic E-state index is 0.171. The number of nitrogens with one attached hydrogen (secondary N) is 2. The Morgan fingerprint density at radius 2 is 2.19 bits per heavy atom. The second-order valence-electron chi connectivity index (χ2n) is 3.16. The van der Waals surface area contributed by atoms with Gasteiger partial charge in [-0.15, -0.1) is 0 Å². The van der Waals surface area contributed by atoms with Gasteiger partial charge in [0.15, 0.2) is 0 Å². The maximum Gasteiger partial charge on any atom is 0.252 e. The largest absolute Gasteiger partial charge is 0.351 e. The Morgan fingerprint density at radius 3 is 2.75 bits per heavy atom. The van der Waals surface area contributed by atoms with Crippen LogP contribution in [-0.4, -0.2) is 38.7 Å². The molecule has 0 aliphatic rings. The Bertz CT molecular complexity index is 444. The first-order valence-electron chi connectivity index (χ1n) is 4.62. The second kappa shape index (κ2) is 5.57. The summed E-state index contributed by atoms with van der Waals surface area (Å²) in [6.07, 6.45) is 4.08. The van der Waals surface area contributed by atoms with Crippen molar-refractivity contribution in [3.63, 3.8) is 0 Å². The number of aromatic nitrogens is 1. The van der Waals surface area contributed by atoms with Gasteiger partial charge < -0.3 is 5.32 Å². The van der Waals surface area contributed by atoms with Gasteiger partial charge >= 0.3 is 0 Å². The summed E-state index contributed by atoms with van der Waals surface area (Å²) < 4.78 is 23.7. The van der Waals surface area contributed by atoms with E-state index < -0.39 is 10.0 Å². The number of carbonyl (C=O) groups is 1. The van der Waals surface area contributed by atoms with Gasteiger partial charge in [0, 0.05) is 25.5 Å². The smallest absolute Gasteiger partial charge is 0.252 e. The van der Waals surface area contributed by atoms with Gasteiger partial charge in [0.1, 0.15) is 0 Å². The number of rotatable bonds is 5. The molecule has 0 aliphatic carbocycles. The molecule has 0 saturated carbocycles. The van der Waals surface area contributed by atoms with E-state index >= 15 is 0 Å². The molecule has 0 radical (unpaired) electrons. The summed E-state index contributed by atoms with van der Waals surface area (Å²) in [5.74, 6) is -0.275. The molecule has 7 heteroatoms. The lowest BCUT2D eigenvalue weighted by Gasteiger charge is -2.04. The normalized spacial score (nSPS) is 11.1. The van der Waals surface area contributed by atoms with Crippen molar-refractivity contribution in [2.24, 2.45) is 0 Å². The highest BCUT2D eigenvalue weighted by Crippen LogP contribution is 1.94. The number of amides is 1. The predicted molar refractivity (Wildman–Crippen MR) is 59.4 cm³/mol. The lowest BCUT2D eigenvalue weighted by Crippen LogP contribution is -2.34. The molecular formula is C9H13N3O3S. The summed E-state index contributed by atoms with van der Waals surface area (Å²) in [5, 5.41) is 2.57. The van der Waals surface area contributed by atoms with E-state index in [1.807, 2.05) is 0 Å². The van der Waals surface area contributed by atoms with Gasteiger partial charge in [-0.05, 0) is 12.1 Å². The van der Waals surface area contributed by atoms with Crippen LogP contribution in [0.5, 0.6) is 0 Å². The zero-order valence-electron chi connectivity index (χ0n) is 8.80. The maximum absolute atomic E-state index is 11.4. The molecule has 0 unspecified atom stereocenters. The highest BCUT2D eigenvalue weighted by Gasteiger charge is 2.04. The molecule has 0 saturated heterocycles. The summed E-state index contributed by atoms with van der Waals surface area (Å²) in [4.78, 5) is 15.2. The summed E-state index contributed by atoms with van der Waals surface area (Å²) in [6.45, 7) is 0.408. The lowest BCUT2D eigenvalue weighted by atomic mass is 10.3. The van der Waals surface area contributed by atoms with E-state index in [9.17, 15) is 13.2 Å². The fraction of sp³-hybridized carbons (Fsp3) is 0.333. The second-order valence-corrected chi connectivity index (χ2v) is 5.00. The van der Waals surface area contributed by atoms with E-state index in [0.717, 1.165) is 6.26 Å². The van der Waals surface area contributed by atoms with E-state index in [0.29, 0.717) is 5.56 Å². The Kier molecular flexibility index (Phi) is 4.39. The monoisotopic (exact) mass is 243 g/mol. The van der Waals surface area contributed by atoms with Crippen molar-refractivity contribution in [2.75, 3.05) is 19.3 Å². The molecule has 1 heterocycles. The van der Waals surface area contributed by atoms with Crippen molar-refractivity contribution >= 4 is 15.9 Å². The Morgan fingerprint density at radius 1 is 1.44 bits per heavy atom. The van der Waals surface area contributed by atoms with Crippen LogP contribution in [0, 0.1) is 0 Å². The molecule has 6 nitrogen and oxygen atoms in total. The molecule has 88 valence electrons. The quantitative estimate of drug-likeness (QED) is 0.673. The third-order valence-corrected chi connectivity index (χ3v) is 2.43. The van der Waals surface area contributed by atoms with Gasteiger partial charge in [-0.25, -0.2) is 13.1 Å². The molecule has 0 spiro atoms. The number of pyridine rings is 1. The lowest BCUT2D eigenvalue weighted by molar-refractivity contribution is 0.0954. The first kappa shape index (κ1) is 12.6. The third kappa shape index (κ3) is 4.85. The van der Waals surface area contributed by atoms with Crippen LogP contribution in [0.25, 0.3) is 0 Å². The maximum atomic E-state index is 11.4. The molecular weight excluding hydrogens is 230 g/mol. The minimum Gasteiger partial charge on any atom is -0.351 e. The molecule has 2 N–H and O–H groups in total. The molecule has 1 rings (SSSR count). The summed E-state index contributed by atoms with van der Waals surface area (Å²) >= 11 is 0. The highest BCUT2D eigenvalue weighted by molar-refractivity contribution is 7.88. The van der Waals surface area contributed by atoms with Gasteiger partial charge in [-0.3, -0.25) is 9.78 Å². The molecule has 1 aromatic heterocycles. The number of hydrogen-bond acceptors (Lipinski definition) is 4. The van der Waals surface area contributed by atoms with Crippen molar-refractivity contribution in [3.05, 3.63) is 30.1 Å². The average Bonchev–Trinajstić information content (AvgIpc) is 2.24. The Hall–Kier alpha value is -1.47. The van der Waals surface area contributed by atoms with Crippen molar-refractivity contribution in [2.45, 2.75) is 0 Å². The first-order chi connectivity index (χ1) is 7.49. The van der Waals surface area contributed by atoms with Crippen LogP contribution < -0.4 is 10.0 Å². The fourth-order valence-electron chi connectivity index (χ4n) is 1.01. The molecule has 1 aromatic rings.